The number of rotatable bonds is 7. The van der Waals surface area contributed by atoms with Crippen molar-refractivity contribution in [2.24, 2.45) is 20.0 Å². The smallest absolute Gasteiger partial charge is 0.161 e. The zero-order valence-corrected chi connectivity index (χ0v) is 29.7. The van der Waals surface area contributed by atoms with Crippen LogP contribution in [0.1, 0.15) is 22.3 Å². The van der Waals surface area contributed by atoms with E-state index in [1.54, 1.807) is 0 Å². The molecule has 0 unspecified atom stereocenters. The van der Waals surface area contributed by atoms with Crippen molar-refractivity contribution in [3.05, 3.63) is 192 Å². The fourth-order valence-corrected chi connectivity index (χ4v) is 7.61. The Morgan fingerprint density at radius 2 is 1.22 bits per heavy atom. The summed E-state index contributed by atoms with van der Waals surface area (Å²) in [6, 6.07) is 58.8. The van der Waals surface area contributed by atoms with Gasteiger partial charge >= 0.3 is 0 Å². The molecular weight excluding hydrogens is 661 g/mol. The Hall–Kier alpha value is -7.18. The maximum absolute atomic E-state index is 5.02. The quantitative estimate of drug-likeness (QED) is 0.121. The maximum Gasteiger partial charge on any atom is 0.161 e. The largest absolute Gasteiger partial charge is 0.335 e. The van der Waals surface area contributed by atoms with Gasteiger partial charge in [-0.25, -0.2) is 9.98 Å². The molecule has 258 valence electrons. The highest BCUT2D eigenvalue weighted by Gasteiger charge is 2.28. The molecule has 1 aliphatic rings. The van der Waals surface area contributed by atoms with Crippen LogP contribution in [0.3, 0.4) is 0 Å². The van der Waals surface area contributed by atoms with Gasteiger partial charge in [0.15, 0.2) is 11.7 Å². The molecule has 0 spiro atoms. The van der Waals surface area contributed by atoms with Crippen molar-refractivity contribution in [2.75, 3.05) is 4.90 Å². The number of aliphatic imine (C=N–C) groups is 4. The predicted molar refractivity (Wildman–Crippen MR) is 227 cm³/mol. The molecule has 6 heteroatoms. The summed E-state index contributed by atoms with van der Waals surface area (Å²) in [7, 11) is 0. The van der Waals surface area contributed by atoms with E-state index in [0.717, 1.165) is 45.0 Å². The lowest BCUT2D eigenvalue weighted by Crippen LogP contribution is -2.22. The van der Waals surface area contributed by atoms with E-state index < -0.39 is 0 Å². The fraction of sp³-hybridized carbons (Fsp3) is 0.0417. The number of nitrogens with zero attached hydrogens (tertiary/aromatic N) is 6. The van der Waals surface area contributed by atoms with E-state index in [1.165, 1.54) is 33.0 Å². The summed E-state index contributed by atoms with van der Waals surface area (Å²) in [5.41, 5.74) is 13.0. The summed E-state index contributed by atoms with van der Waals surface area (Å²) >= 11 is 0. The first kappa shape index (κ1) is 32.7. The van der Waals surface area contributed by atoms with Gasteiger partial charge in [-0.05, 0) is 73.1 Å². The molecule has 6 nitrogen and oxygen atoms in total. The molecule has 0 amide bonds. The average Bonchev–Trinajstić information content (AvgIpc) is 3.59. The second-order valence-electron chi connectivity index (χ2n) is 13.2. The van der Waals surface area contributed by atoms with Crippen molar-refractivity contribution < 1.29 is 0 Å². The molecule has 7 aromatic carbocycles. The van der Waals surface area contributed by atoms with Gasteiger partial charge in [-0.3, -0.25) is 9.98 Å². The van der Waals surface area contributed by atoms with Crippen LogP contribution in [0, 0.1) is 0 Å². The monoisotopic (exact) mass is 696 g/mol. The van der Waals surface area contributed by atoms with E-state index >= 15 is 0 Å². The van der Waals surface area contributed by atoms with Crippen LogP contribution in [-0.4, -0.2) is 29.7 Å². The van der Waals surface area contributed by atoms with Gasteiger partial charge in [0.25, 0.3) is 0 Å². The molecular formula is C48H36N6. The highest BCUT2D eigenvalue weighted by atomic mass is 15.2. The maximum atomic E-state index is 5.02. The van der Waals surface area contributed by atoms with Crippen molar-refractivity contribution in [2.45, 2.75) is 13.1 Å². The molecule has 1 aliphatic heterocycles. The molecule has 0 saturated carbocycles. The molecule has 0 N–H and O–H groups in total. The van der Waals surface area contributed by atoms with Crippen LogP contribution < -0.4 is 4.90 Å². The fourth-order valence-electron chi connectivity index (χ4n) is 7.61. The van der Waals surface area contributed by atoms with E-state index in [0.29, 0.717) is 24.8 Å². The normalized spacial score (nSPS) is 12.8. The third-order valence-electron chi connectivity index (χ3n) is 10.1. The Labute approximate surface area is 314 Å². The van der Waals surface area contributed by atoms with Crippen molar-refractivity contribution in [1.82, 2.24) is 4.57 Å². The summed E-state index contributed by atoms with van der Waals surface area (Å²) in [5, 5.41) is 2.42. The first-order valence-corrected chi connectivity index (χ1v) is 18.0. The molecule has 0 fully saturated rings. The summed E-state index contributed by atoms with van der Waals surface area (Å²) in [6.45, 7) is 8.90. The van der Waals surface area contributed by atoms with Crippen LogP contribution in [0.15, 0.2) is 190 Å². The highest BCUT2D eigenvalue weighted by molar-refractivity contribution is 6.14. The van der Waals surface area contributed by atoms with E-state index in [1.807, 2.05) is 60.7 Å². The van der Waals surface area contributed by atoms with Gasteiger partial charge in [-0.15, -0.1) is 0 Å². The molecule has 54 heavy (non-hydrogen) atoms. The number of benzene rings is 7. The van der Waals surface area contributed by atoms with Crippen LogP contribution in [0.2, 0.25) is 0 Å². The van der Waals surface area contributed by atoms with Crippen molar-refractivity contribution in [1.29, 1.82) is 0 Å². The second kappa shape index (κ2) is 14.1. The van der Waals surface area contributed by atoms with E-state index in [4.69, 9.17) is 9.98 Å². The van der Waals surface area contributed by atoms with Crippen molar-refractivity contribution >= 4 is 64.0 Å². The molecule has 1 aromatic heterocycles. The SMILES string of the molecule is C=NC(=NC(=NCc1ccccc1)c1ccc(-n2c3ccccc3c3ccc4c(c32)CN(c2ccccc2N=C)c2ccccc2-4)cc1)c1ccccc1. The van der Waals surface area contributed by atoms with Gasteiger partial charge < -0.3 is 9.47 Å². The van der Waals surface area contributed by atoms with Crippen LogP contribution in [0.25, 0.3) is 38.6 Å². The number of hydrogen-bond donors (Lipinski definition) is 0. The highest BCUT2D eigenvalue weighted by Crippen LogP contribution is 2.48. The lowest BCUT2D eigenvalue weighted by atomic mass is 9.91. The Morgan fingerprint density at radius 3 is 2.00 bits per heavy atom. The Kier molecular flexibility index (Phi) is 8.54. The molecule has 2 heterocycles. The number of fused-ring (bicyclic) bond motifs is 7. The molecule has 0 atom stereocenters. The zero-order chi connectivity index (χ0) is 36.4. The Morgan fingerprint density at radius 1 is 0.556 bits per heavy atom. The Bertz CT molecular complexity index is 2740. The average molecular weight is 697 g/mol. The van der Waals surface area contributed by atoms with E-state index in [2.05, 4.69) is 142 Å². The van der Waals surface area contributed by atoms with Gasteiger partial charge in [-0.2, -0.15) is 0 Å². The third-order valence-corrected chi connectivity index (χ3v) is 10.1. The first-order valence-electron chi connectivity index (χ1n) is 18.0. The molecule has 0 aliphatic carbocycles. The molecule has 8 aromatic rings. The summed E-state index contributed by atoms with van der Waals surface area (Å²) in [5.74, 6) is 1.12. The topological polar surface area (TPSA) is 57.6 Å². The van der Waals surface area contributed by atoms with E-state index in [9.17, 15) is 0 Å². The number of hydrogen-bond acceptors (Lipinski definition) is 3. The summed E-state index contributed by atoms with van der Waals surface area (Å²) < 4.78 is 2.40. The van der Waals surface area contributed by atoms with Gasteiger partial charge in [0, 0.05) is 44.4 Å². The van der Waals surface area contributed by atoms with E-state index in [-0.39, 0.29) is 0 Å². The second-order valence-corrected chi connectivity index (χ2v) is 13.2. The molecule has 0 bridgehead atoms. The molecule has 0 saturated heterocycles. The van der Waals surface area contributed by atoms with Crippen LogP contribution in [0.4, 0.5) is 17.1 Å². The minimum absolute atomic E-state index is 0.488. The van der Waals surface area contributed by atoms with Gasteiger partial charge in [0.05, 0.1) is 35.5 Å². The van der Waals surface area contributed by atoms with Gasteiger partial charge in [0.2, 0.25) is 0 Å². The summed E-state index contributed by atoms with van der Waals surface area (Å²) in [4.78, 5) is 21.1. The van der Waals surface area contributed by atoms with Gasteiger partial charge in [-0.1, -0.05) is 121 Å². The lowest BCUT2D eigenvalue weighted by Gasteiger charge is -2.34. The van der Waals surface area contributed by atoms with Crippen LogP contribution in [0.5, 0.6) is 0 Å². The first-order chi connectivity index (χ1) is 26.7. The minimum atomic E-state index is 0.488. The van der Waals surface area contributed by atoms with Crippen LogP contribution in [-0.2, 0) is 13.1 Å². The molecule has 0 radical (unpaired) electrons. The summed E-state index contributed by atoms with van der Waals surface area (Å²) in [6.07, 6.45) is 0. The standard InChI is InChI=1S/C48H36N6/c1-49-42-21-11-14-24-45(42)53-32-41-37(38-19-9-12-22-43(38)53)29-30-40-39-20-10-13-23-44(39)54(46(40)41)36-27-25-35(26-28-36)48(51-31-33-15-5-3-6-16-33)52-47(50-2)34-17-7-4-8-18-34/h3-30H,1-2,31-32H2. The lowest BCUT2D eigenvalue weighted by molar-refractivity contribution is 0.961. The zero-order valence-electron chi connectivity index (χ0n) is 29.7. The third kappa shape index (κ3) is 5.80. The number of aromatic nitrogens is 1. The minimum Gasteiger partial charge on any atom is -0.335 e. The van der Waals surface area contributed by atoms with Gasteiger partial charge in [0.1, 0.15) is 0 Å². The number of anilines is 2. The Balaban J connectivity index is 1.21. The number of amidine groups is 2. The number of para-hydroxylation sites is 4. The van der Waals surface area contributed by atoms with Crippen molar-refractivity contribution in [3.63, 3.8) is 0 Å². The predicted octanol–water partition coefficient (Wildman–Crippen LogP) is 11.5. The van der Waals surface area contributed by atoms with Crippen molar-refractivity contribution in [3.8, 4) is 16.8 Å². The van der Waals surface area contributed by atoms with Crippen LogP contribution >= 0.6 is 0 Å². The molecule has 9 rings (SSSR count).